The Morgan fingerprint density at radius 1 is 1.33 bits per heavy atom. The summed E-state index contributed by atoms with van der Waals surface area (Å²) < 4.78 is 41.7. The van der Waals surface area contributed by atoms with Gasteiger partial charge in [0.1, 0.15) is 12.4 Å². The van der Waals surface area contributed by atoms with Crippen molar-refractivity contribution in [2.45, 2.75) is 19.3 Å². The van der Waals surface area contributed by atoms with Crippen LogP contribution in [-0.2, 0) is 4.79 Å². The molecule has 14 heteroatoms. The van der Waals surface area contributed by atoms with Crippen LogP contribution in [0.1, 0.15) is 12.5 Å². The van der Waals surface area contributed by atoms with Crippen LogP contribution >= 0.6 is 23.2 Å². The fourth-order valence-corrected chi connectivity index (χ4v) is 3.81. The molecule has 1 amide bonds. The number of likely N-dealkylation sites (N-methyl/N-ethyl adjacent to an activating group) is 1. The molecule has 2 N–H and O–H groups in total. The summed E-state index contributed by atoms with van der Waals surface area (Å²) >= 11 is 12.2. The van der Waals surface area contributed by atoms with E-state index in [1.807, 2.05) is 0 Å². The molecule has 36 heavy (non-hydrogen) atoms. The van der Waals surface area contributed by atoms with Crippen LogP contribution in [0.2, 0.25) is 10.0 Å². The predicted octanol–water partition coefficient (Wildman–Crippen LogP) is 3.88. The first kappa shape index (κ1) is 27.1. The lowest BCUT2D eigenvalue weighted by Gasteiger charge is -2.28. The molecule has 1 heterocycles. The van der Waals surface area contributed by atoms with Crippen molar-refractivity contribution in [3.05, 3.63) is 58.1 Å². The number of halogens is 5. The quantitative estimate of drug-likeness (QED) is 0.248. The maximum absolute atomic E-state index is 12.6. The molecule has 0 spiro atoms. The number of aliphatic hydroxyl groups excluding tert-OH is 1. The summed E-state index contributed by atoms with van der Waals surface area (Å²) in [5, 5.41) is 27.4. The fraction of sp³-hybridized carbons (Fsp3) is 0.273. The zero-order chi connectivity index (χ0) is 26.5. The molecule has 0 unspecified atom stereocenters. The first-order chi connectivity index (χ1) is 17.1. The fourth-order valence-electron chi connectivity index (χ4n) is 3.51. The molecule has 0 fully saturated rings. The Morgan fingerprint density at radius 3 is 2.69 bits per heavy atom. The van der Waals surface area contributed by atoms with E-state index in [0.717, 1.165) is 12.1 Å². The highest BCUT2D eigenvalue weighted by Crippen LogP contribution is 2.29. The van der Waals surface area contributed by atoms with Gasteiger partial charge in [-0.25, -0.2) is 10.0 Å². The van der Waals surface area contributed by atoms with Gasteiger partial charge in [0.25, 0.3) is 0 Å². The van der Waals surface area contributed by atoms with E-state index in [2.05, 4.69) is 20.1 Å². The first-order valence-corrected chi connectivity index (χ1v) is 11.1. The number of nitriles is 1. The summed E-state index contributed by atoms with van der Waals surface area (Å²) in [6.07, 6.45) is -3.17. The second kappa shape index (κ2) is 11.5. The lowest BCUT2D eigenvalue weighted by Crippen LogP contribution is -2.49. The van der Waals surface area contributed by atoms with Gasteiger partial charge in [-0.2, -0.15) is 10.4 Å². The number of aliphatic imine (C=N–C) groups is 1. The molecule has 0 radical (unpaired) electrons. The largest absolute Gasteiger partial charge is 0.573 e. The van der Waals surface area contributed by atoms with Crippen molar-refractivity contribution >= 4 is 46.5 Å². The van der Waals surface area contributed by atoms with Gasteiger partial charge in [0.2, 0.25) is 11.9 Å². The van der Waals surface area contributed by atoms with E-state index in [-0.39, 0.29) is 29.8 Å². The summed E-state index contributed by atoms with van der Waals surface area (Å²) in [5.41, 5.74) is 0.944. The number of benzene rings is 2. The van der Waals surface area contributed by atoms with E-state index in [4.69, 9.17) is 23.2 Å². The third kappa shape index (κ3) is 6.57. The van der Waals surface area contributed by atoms with Crippen LogP contribution < -0.4 is 10.1 Å². The molecule has 0 aliphatic carbocycles. The number of hydrazone groups is 1. The number of carbonyl (C=O) groups excluding carboxylic acids is 1. The lowest BCUT2D eigenvalue weighted by atomic mass is 10.0. The van der Waals surface area contributed by atoms with Crippen molar-refractivity contribution in [3.8, 4) is 11.9 Å². The van der Waals surface area contributed by atoms with Crippen molar-refractivity contribution in [1.29, 1.82) is 5.26 Å². The van der Waals surface area contributed by atoms with Gasteiger partial charge in [0.05, 0.1) is 34.0 Å². The van der Waals surface area contributed by atoms with E-state index < -0.39 is 30.7 Å². The number of guanidine groups is 1. The van der Waals surface area contributed by atoms with Gasteiger partial charge in [-0.1, -0.05) is 35.3 Å². The smallest absolute Gasteiger partial charge is 0.406 e. The summed E-state index contributed by atoms with van der Waals surface area (Å²) in [6.45, 7) is 1.23. The molecular weight excluding hydrogens is 524 g/mol. The molecule has 0 aromatic heterocycles. The number of nitrogens with zero attached hydrogens (tertiary/aromatic N) is 5. The molecule has 9 nitrogen and oxygen atoms in total. The van der Waals surface area contributed by atoms with Crippen molar-refractivity contribution < 1.29 is 27.8 Å². The van der Waals surface area contributed by atoms with Crippen LogP contribution in [0.4, 0.5) is 18.9 Å². The van der Waals surface area contributed by atoms with Gasteiger partial charge >= 0.3 is 6.36 Å². The number of rotatable bonds is 6. The summed E-state index contributed by atoms with van der Waals surface area (Å²) in [6, 6.07) is 8.94. The minimum atomic E-state index is -4.89. The van der Waals surface area contributed by atoms with Gasteiger partial charge in [-0.05, 0) is 31.2 Å². The Bertz CT molecular complexity index is 1230. The number of amides is 1. The highest BCUT2D eigenvalue weighted by atomic mass is 35.5. The number of nitrogens with one attached hydrogen (secondary N) is 1. The van der Waals surface area contributed by atoms with Crippen molar-refractivity contribution in [3.63, 3.8) is 0 Å². The molecule has 0 saturated heterocycles. The van der Waals surface area contributed by atoms with E-state index in [1.165, 1.54) is 22.0 Å². The highest BCUT2D eigenvalue weighted by Gasteiger charge is 2.36. The van der Waals surface area contributed by atoms with Crippen LogP contribution in [0.3, 0.4) is 0 Å². The van der Waals surface area contributed by atoms with Gasteiger partial charge in [0.15, 0.2) is 6.19 Å². The second-order valence-corrected chi connectivity index (χ2v) is 8.08. The summed E-state index contributed by atoms with van der Waals surface area (Å²) in [4.78, 5) is 18.0. The van der Waals surface area contributed by atoms with E-state index >= 15 is 0 Å². The number of hydrogen-bond donors (Lipinski definition) is 2. The van der Waals surface area contributed by atoms with Crippen molar-refractivity contribution in [1.82, 2.24) is 15.2 Å². The summed E-state index contributed by atoms with van der Waals surface area (Å²) in [7, 11) is 0. The molecule has 1 atom stereocenters. The zero-order valence-electron chi connectivity index (χ0n) is 18.6. The molecule has 1 aliphatic heterocycles. The Morgan fingerprint density at radius 2 is 2.08 bits per heavy atom. The number of hydrogen-bond acceptors (Lipinski definition) is 6. The molecule has 0 bridgehead atoms. The first-order valence-electron chi connectivity index (χ1n) is 10.4. The summed E-state index contributed by atoms with van der Waals surface area (Å²) in [5.74, 6) is -1.17. The van der Waals surface area contributed by atoms with Crippen LogP contribution in [0, 0.1) is 11.5 Å². The number of alkyl halides is 3. The van der Waals surface area contributed by atoms with Gasteiger partial charge < -0.3 is 14.7 Å². The minimum absolute atomic E-state index is 0.0153. The molecule has 2 aromatic rings. The average molecular weight is 543 g/mol. The zero-order valence-corrected chi connectivity index (χ0v) is 20.1. The molecular formula is C22H19Cl2F3N6O3. The van der Waals surface area contributed by atoms with Gasteiger partial charge in [-0.15, -0.1) is 13.2 Å². The normalized spacial score (nSPS) is 15.8. The molecule has 1 aliphatic rings. The van der Waals surface area contributed by atoms with Crippen LogP contribution in [0.15, 0.2) is 52.6 Å². The van der Waals surface area contributed by atoms with Crippen LogP contribution in [0.5, 0.6) is 5.75 Å². The minimum Gasteiger partial charge on any atom is -0.406 e. The molecule has 2 aromatic carbocycles. The number of aliphatic hydroxyl groups is 1. The average Bonchev–Trinajstić information content (AvgIpc) is 3.25. The molecule has 0 saturated carbocycles. The van der Waals surface area contributed by atoms with E-state index in [0.29, 0.717) is 16.3 Å². The van der Waals surface area contributed by atoms with Crippen LogP contribution in [-0.4, -0.2) is 64.7 Å². The van der Waals surface area contributed by atoms with Crippen molar-refractivity contribution in [2.75, 3.05) is 19.7 Å². The van der Waals surface area contributed by atoms with E-state index in [9.17, 15) is 28.3 Å². The highest BCUT2D eigenvalue weighted by molar-refractivity contribution is 6.42. The van der Waals surface area contributed by atoms with Crippen molar-refractivity contribution in [2.24, 2.45) is 10.1 Å². The van der Waals surface area contributed by atoms with Gasteiger partial charge in [0, 0.05) is 18.2 Å². The van der Waals surface area contributed by atoms with Gasteiger partial charge in [-0.3, -0.25) is 10.1 Å². The third-order valence-corrected chi connectivity index (χ3v) is 5.72. The molecule has 3 rings (SSSR count). The topological polar surface area (TPSA) is 114 Å². The second-order valence-electron chi connectivity index (χ2n) is 7.27. The third-order valence-electron chi connectivity index (χ3n) is 4.98. The monoisotopic (exact) mass is 542 g/mol. The Balaban J connectivity index is 2.04. The Labute approximate surface area is 214 Å². The number of ether oxygens (including phenoxy) is 1. The SMILES string of the molecule is CCN(C(=O)CO)[C@H]1CN(C(=Nc2cccc(OC(F)(F)F)c2)NC#N)N=C1c1ccc(Cl)c(Cl)c1. The Hall–Kier alpha value is -3.53. The lowest BCUT2D eigenvalue weighted by molar-refractivity contribution is -0.274. The maximum Gasteiger partial charge on any atom is 0.573 e. The maximum atomic E-state index is 12.6. The Kier molecular flexibility index (Phi) is 8.62. The van der Waals surface area contributed by atoms with Crippen LogP contribution in [0.25, 0.3) is 0 Å². The van der Waals surface area contributed by atoms with E-state index in [1.54, 1.807) is 31.3 Å². The predicted molar refractivity (Wildman–Crippen MR) is 127 cm³/mol. The molecule has 190 valence electrons. The standard InChI is InChI=1S/C22H19Cl2F3N6O3/c1-2-32(19(35)11-34)18-10-33(31-20(18)13-6-7-16(23)17(24)8-13)21(29-12-28)30-14-4-3-5-15(9-14)36-22(25,26)27/h3-9,18,34H,2,10-11H2,1H3,(H,29,30)/t18-/m0/s1. The number of carbonyl (C=O) groups is 1.